The minimum absolute atomic E-state index is 0.205. The molecule has 0 atom stereocenters. The molecule has 0 saturated carbocycles. The lowest BCUT2D eigenvalue weighted by Gasteiger charge is -2.02. The van der Waals surface area contributed by atoms with Crippen molar-refractivity contribution in [3.05, 3.63) is 72.6 Å². The zero-order valence-corrected chi connectivity index (χ0v) is 15.2. The highest BCUT2D eigenvalue weighted by Crippen LogP contribution is 2.24. The number of para-hydroxylation sites is 1. The Kier molecular flexibility index (Phi) is 4.82. The van der Waals surface area contributed by atoms with Crippen LogP contribution in [0.2, 0.25) is 0 Å². The largest absolute Gasteiger partial charge is 0.319 e. The summed E-state index contributed by atoms with van der Waals surface area (Å²) in [7, 11) is 1.78. The zero-order chi connectivity index (χ0) is 19.7. The van der Waals surface area contributed by atoms with Gasteiger partial charge in [-0.2, -0.15) is 4.99 Å². The lowest BCUT2D eigenvalue weighted by atomic mass is 10.1. The second kappa shape index (κ2) is 7.08. The fraction of sp³-hybridized carbons (Fsp3) is 0.176. The molecule has 10 heteroatoms. The number of hydrogen-bond donors (Lipinski definition) is 0. The first kappa shape index (κ1) is 18.4. The molecular formula is C17H14N4O5S. The van der Waals surface area contributed by atoms with Gasteiger partial charge in [-0.3, -0.25) is 25.0 Å². The zero-order valence-electron chi connectivity index (χ0n) is 14.4. The molecule has 0 bridgehead atoms. The Hall–Kier alpha value is -3.40. The van der Waals surface area contributed by atoms with Crippen molar-refractivity contribution in [3.63, 3.8) is 0 Å². The normalized spacial score (nSPS) is 11.7. The van der Waals surface area contributed by atoms with Crippen molar-refractivity contribution in [1.82, 2.24) is 4.57 Å². The average Bonchev–Trinajstić information content (AvgIpc) is 2.97. The molecule has 1 amide bonds. The van der Waals surface area contributed by atoms with Crippen LogP contribution in [0.3, 0.4) is 0 Å². The number of benzene rings is 2. The van der Waals surface area contributed by atoms with E-state index in [1.54, 1.807) is 11.6 Å². The highest BCUT2D eigenvalue weighted by atomic mass is 32.1. The molecule has 0 radical (unpaired) electrons. The Morgan fingerprint density at radius 2 is 1.78 bits per heavy atom. The number of thiazole rings is 1. The van der Waals surface area contributed by atoms with Crippen LogP contribution in [0.4, 0.5) is 11.4 Å². The summed E-state index contributed by atoms with van der Waals surface area (Å²) in [6.45, 7) is 2.02. The van der Waals surface area contributed by atoms with Crippen LogP contribution in [0.5, 0.6) is 0 Å². The van der Waals surface area contributed by atoms with Crippen LogP contribution < -0.4 is 4.80 Å². The Morgan fingerprint density at radius 1 is 1.15 bits per heavy atom. The number of nitro benzene ring substituents is 2. The van der Waals surface area contributed by atoms with Crippen LogP contribution in [0.1, 0.15) is 22.8 Å². The quantitative estimate of drug-likeness (QED) is 0.503. The van der Waals surface area contributed by atoms with E-state index >= 15 is 0 Å². The van der Waals surface area contributed by atoms with Crippen molar-refractivity contribution in [2.75, 3.05) is 0 Å². The van der Waals surface area contributed by atoms with Crippen molar-refractivity contribution >= 4 is 38.8 Å². The first-order valence-corrected chi connectivity index (χ1v) is 8.73. The molecule has 0 aliphatic carbocycles. The Morgan fingerprint density at radius 3 is 2.33 bits per heavy atom. The van der Waals surface area contributed by atoms with Gasteiger partial charge in [0.05, 0.1) is 31.7 Å². The van der Waals surface area contributed by atoms with Gasteiger partial charge in [-0.1, -0.05) is 30.4 Å². The number of carbonyl (C=O) groups is 1. The number of carbonyl (C=O) groups excluding carboxylic acids is 1. The third kappa shape index (κ3) is 3.47. The average molecular weight is 386 g/mol. The third-order valence-electron chi connectivity index (χ3n) is 4.06. The fourth-order valence-corrected chi connectivity index (χ4v) is 3.82. The van der Waals surface area contributed by atoms with E-state index in [9.17, 15) is 25.0 Å². The molecule has 0 unspecified atom stereocenters. The van der Waals surface area contributed by atoms with Crippen molar-refractivity contribution in [2.24, 2.45) is 12.0 Å². The maximum absolute atomic E-state index is 12.5. The number of fused-ring (bicyclic) bond motifs is 1. The highest BCUT2D eigenvalue weighted by Gasteiger charge is 2.20. The summed E-state index contributed by atoms with van der Waals surface area (Å²) >= 11 is 1.31. The predicted octanol–water partition coefficient (Wildman–Crippen LogP) is 3.36. The van der Waals surface area contributed by atoms with Crippen molar-refractivity contribution < 1.29 is 14.6 Å². The standard InChI is InChI=1S/C17H14N4O5S/c1-3-10-5-4-6-14-15(10)19(2)17(27-14)18-16(22)11-7-12(20(23)24)9-13(8-11)21(25)26/h4-9H,3H2,1-2H3. The van der Waals surface area contributed by atoms with Gasteiger partial charge in [0.2, 0.25) is 0 Å². The van der Waals surface area contributed by atoms with Gasteiger partial charge in [-0.15, -0.1) is 0 Å². The molecule has 0 aliphatic rings. The van der Waals surface area contributed by atoms with E-state index in [0.29, 0.717) is 4.80 Å². The summed E-state index contributed by atoms with van der Waals surface area (Å²) in [5.74, 6) is -0.776. The Bertz CT molecular complexity index is 1130. The van der Waals surface area contributed by atoms with Gasteiger partial charge >= 0.3 is 0 Å². The Balaban J connectivity index is 2.15. The minimum atomic E-state index is -0.781. The second-order valence-corrected chi connectivity index (χ2v) is 6.74. The van der Waals surface area contributed by atoms with Gasteiger partial charge < -0.3 is 4.57 Å². The van der Waals surface area contributed by atoms with E-state index in [2.05, 4.69) is 4.99 Å². The van der Waals surface area contributed by atoms with Crippen molar-refractivity contribution in [3.8, 4) is 0 Å². The third-order valence-corrected chi connectivity index (χ3v) is 5.15. The molecule has 0 aliphatic heterocycles. The lowest BCUT2D eigenvalue weighted by molar-refractivity contribution is -0.394. The predicted molar refractivity (Wildman–Crippen MR) is 99.8 cm³/mol. The number of aryl methyl sites for hydroxylation is 2. The summed E-state index contributed by atoms with van der Waals surface area (Å²) in [6, 6.07) is 8.62. The molecule has 2 aromatic carbocycles. The van der Waals surface area contributed by atoms with E-state index in [1.165, 1.54) is 11.3 Å². The van der Waals surface area contributed by atoms with Crippen molar-refractivity contribution in [2.45, 2.75) is 13.3 Å². The van der Waals surface area contributed by atoms with Gasteiger partial charge in [0.25, 0.3) is 17.3 Å². The summed E-state index contributed by atoms with van der Waals surface area (Å²) < 4.78 is 2.73. The summed E-state index contributed by atoms with van der Waals surface area (Å²) in [5.41, 5.74) is 0.797. The van der Waals surface area contributed by atoms with E-state index in [0.717, 1.165) is 40.4 Å². The number of hydrogen-bond acceptors (Lipinski definition) is 6. The van der Waals surface area contributed by atoms with E-state index in [4.69, 9.17) is 0 Å². The molecule has 0 saturated heterocycles. The number of aromatic nitrogens is 1. The number of nitro groups is 2. The molecular weight excluding hydrogens is 372 g/mol. The number of nitrogens with zero attached hydrogens (tertiary/aromatic N) is 4. The van der Waals surface area contributed by atoms with Gasteiger partial charge in [0.1, 0.15) is 0 Å². The molecule has 0 N–H and O–H groups in total. The summed E-state index contributed by atoms with van der Waals surface area (Å²) in [5, 5.41) is 22.0. The number of rotatable bonds is 4. The van der Waals surface area contributed by atoms with Gasteiger partial charge in [0.15, 0.2) is 4.80 Å². The molecule has 0 spiro atoms. The monoisotopic (exact) mass is 386 g/mol. The first-order valence-electron chi connectivity index (χ1n) is 7.92. The number of amides is 1. The van der Waals surface area contributed by atoms with Gasteiger partial charge in [-0.05, 0) is 18.1 Å². The van der Waals surface area contributed by atoms with Crippen LogP contribution in [0, 0.1) is 20.2 Å². The molecule has 138 valence electrons. The fourth-order valence-electron chi connectivity index (χ4n) is 2.76. The van der Waals surface area contributed by atoms with Gasteiger partial charge in [-0.25, -0.2) is 0 Å². The van der Waals surface area contributed by atoms with E-state index < -0.39 is 27.1 Å². The van der Waals surface area contributed by atoms with Crippen molar-refractivity contribution in [1.29, 1.82) is 0 Å². The van der Waals surface area contributed by atoms with Crippen LogP contribution in [-0.4, -0.2) is 20.3 Å². The van der Waals surface area contributed by atoms with Crippen LogP contribution in [0.15, 0.2) is 41.4 Å². The lowest BCUT2D eigenvalue weighted by Crippen LogP contribution is -2.14. The molecule has 27 heavy (non-hydrogen) atoms. The maximum atomic E-state index is 12.5. The molecule has 3 rings (SSSR count). The van der Waals surface area contributed by atoms with Crippen LogP contribution in [0.25, 0.3) is 10.2 Å². The van der Waals surface area contributed by atoms with Crippen LogP contribution >= 0.6 is 11.3 Å². The van der Waals surface area contributed by atoms with E-state index in [-0.39, 0.29) is 5.56 Å². The van der Waals surface area contributed by atoms with Gasteiger partial charge in [0, 0.05) is 19.2 Å². The van der Waals surface area contributed by atoms with Crippen LogP contribution in [-0.2, 0) is 13.5 Å². The Labute approximate surface area is 156 Å². The summed E-state index contributed by atoms with van der Waals surface area (Å²) in [6.07, 6.45) is 0.812. The smallest absolute Gasteiger partial charge is 0.280 e. The number of non-ortho nitro benzene ring substituents is 2. The molecule has 1 heterocycles. The molecule has 3 aromatic rings. The minimum Gasteiger partial charge on any atom is -0.319 e. The SMILES string of the molecule is CCc1cccc2sc(=NC(=O)c3cc([N+](=O)[O-])cc([N+](=O)[O-])c3)n(C)c12. The molecule has 1 aromatic heterocycles. The summed E-state index contributed by atoms with van der Waals surface area (Å²) in [4.78, 5) is 37.4. The maximum Gasteiger partial charge on any atom is 0.280 e. The second-order valence-electron chi connectivity index (χ2n) is 5.73. The molecule has 9 nitrogen and oxygen atoms in total. The van der Waals surface area contributed by atoms with E-state index in [1.807, 2.05) is 25.1 Å². The highest BCUT2D eigenvalue weighted by molar-refractivity contribution is 7.16. The molecule has 0 fully saturated rings. The topological polar surface area (TPSA) is 121 Å². The first-order chi connectivity index (χ1) is 12.8.